The Hall–Kier alpha value is -2.14. The van der Waals surface area contributed by atoms with Gasteiger partial charge < -0.3 is 15.6 Å². The molecule has 3 aromatic rings. The molecule has 7 nitrogen and oxygen atoms in total. The molecule has 0 aliphatic heterocycles. The second kappa shape index (κ2) is 7.70. The lowest BCUT2D eigenvalue weighted by atomic mass is 10.0. The molecule has 0 unspecified atom stereocenters. The average Bonchev–Trinajstić information content (AvgIpc) is 3.17. The Kier molecular flexibility index (Phi) is 5.28. The molecule has 0 spiro atoms. The van der Waals surface area contributed by atoms with E-state index in [0.29, 0.717) is 37.1 Å². The van der Waals surface area contributed by atoms with Crippen molar-refractivity contribution < 1.29 is 9.18 Å². The molecular formula is C19H20FIN6O. The molecule has 0 fully saturated rings. The number of carbonyl (C=O) groups excluding carboxylic acids is 1. The highest BCUT2D eigenvalue weighted by molar-refractivity contribution is 14.1. The highest BCUT2D eigenvalue weighted by Gasteiger charge is 2.23. The Morgan fingerprint density at radius 1 is 1.29 bits per heavy atom. The second-order valence-electron chi connectivity index (χ2n) is 6.78. The van der Waals surface area contributed by atoms with Gasteiger partial charge in [-0.05, 0) is 58.8 Å². The maximum absolute atomic E-state index is 13.8. The fraction of sp³-hybridized carbons (Fsp3) is 0.368. The number of carbonyl (C=O) groups is 1. The number of halogens is 2. The molecule has 1 aromatic carbocycles. The molecule has 2 aromatic heterocycles. The first-order valence-corrected chi connectivity index (χ1v) is 10.3. The topological polar surface area (TPSA) is 98.7 Å². The number of anilines is 1. The van der Waals surface area contributed by atoms with Gasteiger partial charge in [-0.2, -0.15) is 14.4 Å². The lowest BCUT2D eigenvalue weighted by Crippen LogP contribution is -2.21. The molecule has 1 aliphatic carbocycles. The normalized spacial score (nSPS) is 13.5. The molecule has 0 amide bonds. The zero-order chi connectivity index (χ0) is 19.8. The van der Waals surface area contributed by atoms with Gasteiger partial charge in [-0.1, -0.05) is 6.92 Å². The van der Waals surface area contributed by atoms with Crippen LogP contribution in [0, 0.1) is 9.65 Å². The first kappa shape index (κ1) is 19.2. The fourth-order valence-corrected chi connectivity index (χ4v) is 4.31. The summed E-state index contributed by atoms with van der Waals surface area (Å²) in [6, 6.07) is 4.05. The van der Waals surface area contributed by atoms with Crippen LogP contribution in [0.25, 0.3) is 11.2 Å². The number of fused-ring (bicyclic) bond motifs is 2. The van der Waals surface area contributed by atoms with Gasteiger partial charge in [0.1, 0.15) is 5.82 Å². The van der Waals surface area contributed by atoms with Gasteiger partial charge in [0.15, 0.2) is 22.8 Å². The van der Waals surface area contributed by atoms with E-state index in [1.165, 1.54) is 0 Å². The molecule has 9 heteroatoms. The van der Waals surface area contributed by atoms with Gasteiger partial charge in [0, 0.05) is 35.1 Å². The molecule has 146 valence electrons. The van der Waals surface area contributed by atoms with E-state index in [1.54, 1.807) is 0 Å². The zero-order valence-corrected chi connectivity index (χ0v) is 17.6. The number of nitrogens with one attached hydrogen (secondary N) is 1. The molecule has 0 saturated heterocycles. The van der Waals surface area contributed by atoms with Gasteiger partial charge in [-0.25, -0.2) is 4.98 Å². The summed E-state index contributed by atoms with van der Waals surface area (Å²) in [7, 11) is 0. The zero-order valence-electron chi connectivity index (χ0n) is 15.4. The monoisotopic (exact) mass is 494 g/mol. The van der Waals surface area contributed by atoms with Crippen LogP contribution in [0.3, 0.4) is 0 Å². The highest BCUT2D eigenvalue weighted by Crippen LogP contribution is 2.29. The van der Waals surface area contributed by atoms with Gasteiger partial charge in [0.2, 0.25) is 0 Å². The molecule has 0 saturated carbocycles. The standard InChI is InChI=1S/C19H20FIN6O/c1-2-23-5-6-27-15(24-16-17(22)25-19(20)26-18(16)27)9-11-7-12-10(8-13(11)21)3-4-14(12)28/h7-8,23H,2-6,9H2,1H3,(H2,22,25,26). The number of aryl methyl sites for hydroxylation is 1. The van der Waals surface area contributed by atoms with Crippen molar-refractivity contribution in [1.29, 1.82) is 0 Å². The summed E-state index contributed by atoms with van der Waals surface area (Å²) in [6.45, 7) is 4.13. The van der Waals surface area contributed by atoms with E-state index >= 15 is 0 Å². The molecule has 4 rings (SSSR count). The molecular weight excluding hydrogens is 474 g/mol. The summed E-state index contributed by atoms with van der Waals surface area (Å²) < 4.78 is 16.7. The number of nitrogen functional groups attached to an aromatic ring is 1. The van der Waals surface area contributed by atoms with E-state index < -0.39 is 6.08 Å². The Bertz CT molecular complexity index is 1080. The molecule has 3 N–H and O–H groups in total. The van der Waals surface area contributed by atoms with E-state index in [2.05, 4.69) is 48.9 Å². The smallest absolute Gasteiger partial charge is 0.312 e. The van der Waals surface area contributed by atoms with E-state index in [-0.39, 0.29) is 11.6 Å². The number of ketones is 1. The van der Waals surface area contributed by atoms with Crippen LogP contribution in [0.4, 0.5) is 10.2 Å². The number of hydrogen-bond acceptors (Lipinski definition) is 6. The number of likely N-dealkylation sites (N-methyl/N-ethyl adjacent to an activating group) is 1. The van der Waals surface area contributed by atoms with E-state index in [9.17, 15) is 9.18 Å². The summed E-state index contributed by atoms with van der Waals surface area (Å²) >= 11 is 2.29. The van der Waals surface area contributed by atoms with Gasteiger partial charge in [-0.15, -0.1) is 0 Å². The minimum atomic E-state index is -0.862. The summed E-state index contributed by atoms with van der Waals surface area (Å²) in [5.74, 6) is 0.943. The van der Waals surface area contributed by atoms with Crippen molar-refractivity contribution >= 4 is 45.4 Å². The number of aromatic nitrogens is 4. The van der Waals surface area contributed by atoms with Crippen LogP contribution in [-0.4, -0.2) is 38.4 Å². The summed E-state index contributed by atoms with van der Waals surface area (Å²) in [5, 5.41) is 3.26. The molecule has 0 atom stereocenters. The number of benzene rings is 1. The van der Waals surface area contributed by atoms with Gasteiger partial charge >= 0.3 is 6.08 Å². The Morgan fingerprint density at radius 3 is 2.89 bits per heavy atom. The van der Waals surface area contributed by atoms with E-state index in [4.69, 9.17) is 5.73 Å². The van der Waals surface area contributed by atoms with Crippen molar-refractivity contribution in [2.45, 2.75) is 32.7 Å². The number of rotatable bonds is 6. The number of nitrogens with zero attached hydrogens (tertiary/aromatic N) is 4. The molecule has 1 aliphatic rings. The van der Waals surface area contributed by atoms with E-state index in [1.807, 2.05) is 17.6 Å². The molecule has 0 radical (unpaired) electrons. The fourth-order valence-electron chi connectivity index (χ4n) is 3.59. The minimum absolute atomic E-state index is 0.0322. The van der Waals surface area contributed by atoms with Crippen molar-refractivity contribution in [2.24, 2.45) is 0 Å². The third-order valence-electron chi connectivity index (χ3n) is 4.98. The molecule has 2 heterocycles. The highest BCUT2D eigenvalue weighted by atomic mass is 127. The molecule has 0 bridgehead atoms. The van der Waals surface area contributed by atoms with E-state index in [0.717, 1.165) is 39.1 Å². The summed E-state index contributed by atoms with van der Waals surface area (Å²) in [6.07, 6.45) is 1.01. The van der Waals surface area contributed by atoms with Gasteiger partial charge in [0.05, 0.1) is 0 Å². The third kappa shape index (κ3) is 3.48. The molecule has 28 heavy (non-hydrogen) atoms. The largest absolute Gasteiger partial charge is 0.382 e. The van der Waals surface area contributed by atoms with Crippen LogP contribution in [0.1, 0.15) is 40.7 Å². The van der Waals surface area contributed by atoms with Crippen molar-refractivity contribution in [3.05, 3.63) is 44.3 Å². The van der Waals surface area contributed by atoms with Crippen LogP contribution in [0.15, 0.2) is 12.1 Å². The quantitative estimate of drug-likeness (QED) is 0.311. The van der Waals surface area contributed by atoms with Gasteiger partial charge in [-0.3, -0.25) is 4.79 Å². The second-order valence-corrected chi connectivity index (χ2v) is 7.95. The Balaban J connectivity index is 1.78. The lowest BCUT2D eigenvalue weighted by molar-refractivity contribution is 0.0994. The SMILES string of the molecule is CCNCCn1c(Cc2cc3c(cc2I)CCC3=O)nc2c(N)nc(F)nc21. The lowest BCUT2D eigenvalue weighted by Gasteiger charge is -2.11. The van der Waals surface area contributed by atoms with Crippen molar-refractivity contribution in [3.8, 4) is 0 Å². The van der Waals surface area contributed by atoms with Crippen molar-refractivity contribution in [2.75, 3.05) is 18.8 Å². The van der Waals surface area contributed by atoms with Crippen molar-refractivity contribution in [3.63, 3.8) is 0 Å². The Morgan fingerprint density at radius 2 is 2.11 bits per heavy atom. The number of hydrogen-bond donors (Lipinski definition) is 2. The van der Waals surface area contributed by atoms with Crippen LogP contribution >= 0.6 is 22.6 Å². The maximum Gasteiger partial charge on any atom is 0.312 e. The number of nitrogens with two attached hydrogens (primary N) is 1. The number of imidazole rings is 1. The first-order chi connectivity index (χ1) is 13.5. The van der Waals surface area contributed by atoms with Crippen LogP contribution in [0.2, 0.25) is 0 Å². The summed E-state index contributed by atoms with van der Waals surface area (Å²) in [5.41, 5.74) is 9.60. The summed E-state index contributed by atoms with van der Waals surface area (Å²) in [4.78, 5) is 24.3. The van der Waals surface area contributed by atoms with Crippen molar-refractivity contribution in [1.82, 2.24) is 24.8 Å². The Labute approximate surface area is 175 Å². The maximum atomic E-state index is 13.8. The average molecular weight is 494 g/mol. The van der Waals surface area contributed by atoms with Crippen LogP contribution < -0.4 is 11.1 Å². The third-order valence-corrected chi connectivity index (χ3v) is 5.98. The number of Topliss-reactive ketones (excluding diaryl/α,β-unsaturated/α-hetero) is 1. The first-order valence-electron chi connectivity index (χ1n) is 9.21. The minimum Gasteiger partial charge on any atom is -0.382 e. The predicted molar refractivity (Wildman–Crippen MR) is 113 cm³/mol. The predicted octanol–water partition coefficient (Wildman–Crippen LogP) is 2.48. The van der Waals surface area contributed by atoms with Crippen LogP contribution in [0.5, 0.6) is 0 Å². The van der Waals surface area contributed by atoms with Gasteiger partial charge in [0.25, 0.3) is 0 Å². The van der Waals surface area contributed by atoms with Crippen LogP contribution in [-0.2, 0) is 19.4 Å².